The van der Waals surface area contributed by atoms with Crippen molar-refractivity contribution in [3.63, 3.8) is 0 Å². The van der Waals surface area contributed by atoms with Crippen LogP contribution < -0.4 is 0 Å². The van der Waals surface area contributed by atoms with Crippen molar-refractivity contribution in [2.75, 3.05) is 6.61 Å². The number of esters is 2. The van der Waals surface area contributed by atoms with Gasteiger partial charge in [0.15, 0.2) is 11.2 Å². The highest BCUT2D eigenvalue weighted by Gasteiger charge is 2.76. The van der Waals surface area contributed by atoms with Gasteiger partial charge in [-0.25, -0.2) is 4.79 Å². The highest BCUT2D eigenvalue weighted by molar-refractivity contribution is 6.16. The molecule has 1 saturated heterocycles. The Hall–Kier alpha value is -3.02. The van der Waals surface area contributed by atoms with Crippen molar-refractivity contribution in [3.8, 4) is 0 Å². The number of hydrogen-bond acceptors (Lipinski definition) is 6. The maximum atomic E-state index is 13.8. The Kier molecular flexibility index (Phi) is 5.01. The number of Topliss-reactive ketones (excluding diaryl/α,β-unsaturated/α-hetero) is 1. The first-order chi connectivity index (χ1) is 16.1. The van der Waals surface area contributed by atoms with E-state index in [-0.39, 0.29) is 12.0 Å². The minimum absolute atomic E-state index is 0.0323. The lowest BCUT2D eigenvalue weighted by molar-refractivity contribution is -0.211. The summed E-state index contributed by atoms with van der Waals surface area (Å²) in [5, 5.41) is 0. The molecule has 1 aliphatic heterocycles. The van der Waals surface area contributed by atoms with Crippen molar-refractivity contribution in [3.05, 3.63) is 59.7 Å². The van der Waals surface area contributed by atoms with Crippen LogP contribution in [0.5, 0.6) is 0 Å². The van der Waals surface area contributed by atoms with Gasteiger partial charge in [0.25, 0.3) is 0 Å². The van der Waals surface area contributed by atoms with Crippen LogP contribution in [0.1, 0.15) is 49.0 Å². The smallest absolute Gasteiger partial charge is 0.338 e. The van der Waals surface area contributed by atoms with Crippen LogP contribution in [0, 0.1) is 40.9 Å². The number of allylic oxidation sites excluding steroid dienone is 1. The van der Waals surface area contributed by atoms with Gasteiger partial charge in [-0.05, 0) is 55.2 Å². The number of hydrogen-bond donors (Lipinski definition) is 0. The van der Waals surface area contributed by atoms with Crippen LogP contribution >= 0.6 is 0 Å². The van der Waals surface area contributed by atoms with Crippen molar-refractivity contribution in [2.24, 2.45) is 34.0 Å². The number of cyclic esters (lactones) is 1. The Morgan fingerprint density at radius 1 is 1.24 bits per heavy atom. The van der Waals surface area contributed by atoms with Gasteiger partial charge in [0.1, 0.15) is 19.0 Å². The zero-order valence-corrected chi connectivity index (χ0v) is 19.8. The van der Waals surface area contributed by atoms with Crippen molar-refractivity contribution in [1.82, 2.24) is 0 Å². The van der Waals surface area contributed by atoms with E-state index in [1.54, 1.807) is 18.2 Å². The standard InChI is InChI=1S/C28H30O6/c1-16-7-5-8-18(13-16)24(31)34-23-19-9-10-20-27(12-6-11-26(3,4)21(27)14-29)15-33-25(32)28(20,23)22(30)17(19)2/h5-8,12-14,19-21,23H,2,9-11,15H2,1,3-4H3/t19-,20-,21+,23+,27+,28-/m0/s1. The fraction of sp³-hybridized carbons (Fsp3) is 0.500. The van der Waals surface area contributed by atoms with Gasteiger partial charge in [-0.1, -0.05) is 50.3 Å². The maximum absolute atomic E-state index is 13.8. The Labute approximate surface area is 199 Å². The number of fused-ring (bicyclic) bond motifs is 2. The fourth-order valence-electron chi connectivity index (χ4n) is 7.23. The first-order valence-electron chi connectivity index (χ1n) is 11.9. The van der Waals surface area contributed by atoms with E-state index in [4.69, 9.17) is 9.47 Å². The molecule has 4 aliphatic rings. The molecule has 1 aromatic carbocycles. The zero-order chi connectivity index (χ0) is 24.5. The molecular weight excluding hydrogens is 432 g/mol. The van der Waals surface area contributed by atoms with E-state index in [1.165, 1.54) is 0 Å². The predicted octanol–water partition coefficient (Wildman–Crippen LogP) is 4.02. The summed E-state index contributed by atoms with van der Waals surface area (Å²) in [5.74, 6) is -3.08. The normalized spacial score (nSPS) is 37.8. The second-order valence-electron chi connectivity index (χ2n) is 11.1. The van der Waals surface area contributed by atoms with Gasteiger partial charge in [0, 0.05) is 17.3 Å². The summed E-state index contributed by atoms with van der Waals surface area (Å²) >= 11 is 0. The number of aldehydes is 1. The molecule has 3 fully saturated rings. The molecule has 3 aliphatic carbocycles. The average molecular weight is 463 g/mol. The summed E-state index contributed by atoms with van der Waals surface area (Å²) in [6, 6.07) is 7.01. The summed E-state index contributed by atoms with van der Waals surface area (Å²) in [4.78, 5) is 53.0. The summed E-state index contributed by atoms with van der Waals surface area (Å²) in [6.45, 7) is 9.96. The van der Waals surface area contributed by atoms with Crippen molar-refractivity contribution < 1.29 is 28.7 Å². The molecular formula is C28H30O6. The molecule has 1 heterocycles. The lowest BCUT2D eigenvalue weighted by Crippen LogP contribution is -2.67. The van der Waals surface area contributed by atoms with Crippen LogP contribution in [-0.2, 0) is 23.9 Å². The van der Waals surface area contributed by atoms with Crippen LogP contribution in [0.3, 0.4) is 0 Å². The zero-order valence-electron chi connectivity index (χ0n) is 19.8. The molecule has 5 rings (SSSR count). The lowest BCUT2D eigenvalue weighted by Gasteiger charge is -2.58. The summed E-state index contributed by atoms with van der Waals surface area (Å²) in [7, 11) is 0. The molecule has 2 saturated carbocycles. The molecule has 1 aromatic rings. The monoisotopic (exact) mass is 462 g/mol. The van der Waals surface area contributed by atoms with E-state index in [0.717, 1.165) is 11.8 Å². The van der Waals surface area contributed by atoms with Gasteiger partial charge >= 0.3 is 11.9 Å². The molecule has 0 unspecified atom stereocenters. The van der Waals surface area contributed by atoms with Gasteiger partial charge < -0.3 is 14.3 Å². The van der Waals surface area contributed by atoms with Crippen molar-refractivity contribution in [1.29, 1.82) is 0 Å². The van der Waals surface area contributed by atoms with Gasteiger partial charge in [0.05, 0.1) is 5.56 Å². The fourth-order valence-corrected chi connectivity index (χ4v) is 7.23. The van der Waals surface area contributed by atoms with E-state index in [9.17, 15) is 19.2 Å². The summed E-state index contributed by atoms with van der Waals surface area (Å²) in [5.41, 5.74) is -1.32. The van der Waals surface area contributed by atoms with E-state index in [2.05, 4.69) is 6.58 Å². The minimum atomic E-state index is -1.68. The summed E-state index contributed by atoms with van der Waals surface area (Å²) < 4.78 is 11.8. The van der Waals surface area contributed by atoms with Crippen molar-refractivity contribution >= 4 is 24.0 Å². The van der Waals surface area contributed by atoms with Crippen LogP contribution in [0.2, 0.25) is 0 Å². The molecule has 6 heteroatoms. The van der Waals surface area contributed by atoms with Crippen LogP contribution in [0.25, 0.3) is 0 Å². The molecule has 0 radical (unpaired) electrons. The van der Waals surface area contributed by atoms with Gasteiger partial charge in [0.2, 0.25) is 0 Å². The Balaban J connectivity index is 1.64. The third-order valence-corrected chi connectivity index (χ3v) is 8.80. The van der Waals surface area contributed by atoms with E-state index in [0.29, 0.717) is 30.4 Å². The van der Waals surface area contributed by atoms with Crippen LogP contribution in [0.4, 0.5) is 0 Å². The number of benzene rings is 1. The largest absolute Gasteiger partial charge is 0.464 e. The Morgan fingerprint density at radius 2 is 2.00 bits per heavy atom. The van der Waals surface area contributed by atoms with E-state index >= 15 is 0 Å². The van der Waals surface area contributed by atoms with Crippen LogP contribution in [-0.4, -0.2) is 36.7 Å². The molecule has 2 bridgehead atoms. The van der Waals surface area contributed by atoms with Gasteiger partial charge in [-0.15, -0.1) is 0 Å². The first-order valence-corrected chi connectivity index (χ1v) is 11.9. The number of rotatable bonds is 3. The Bertz CT molecular complexity index is 1150. The van der Waals surface area contributed by atoms with E-state index in [1.807, 2.05) is 39.0 Å². The SMILES string of the molecule is C=C1C(=O)[C@@]23C(=O)OC[C@]4(C=CCC(C)(C)[C@H]4C=O)[C@@H]2CC[C@@H]1[C@H]3OC(=O)c1cccc(C)c1. The number of ketones is 1. The molecule has 2 spiro atoms. The second kappa shape index (κ2) is 7.49. The number of carbonyl (C=O) groups is 4. The minimum Gasteiger partial charge on any atom is -0.464 e. The highest BCUT2D eigenvalue weighted by atomic mass is 16.6. The average Bonchev–Trinajstić information content (AvgIpc) is 2.91. The molecule has 0 N–H and O–H groups in total. The second-order valence-corrected chi connectivity index (χ2v) is 11.1. The Morgan fingerprint density at radius 3 is 2.71 bits per heavy atom. The quantitative estimate of drug-likeness (QED) is 0.222. The molecule has 6 nitrogen and oxygen atoms in total. The van der Waals surface area contributed by atoms with Gasteiger partial charge in [-0.3, -0.25) is 9.59 Å². The van der Waals surface area contributed by atoms with E-state index < -0.39 is 52.4 Å². The van der Waals surface area contributed by atoms with Gasteiger partial charge in [-0.2, -0.15) is 0 Å². The predicted molar refractivity (Wildman–Crippen MR) is 124 cm³/mol. The number of aryl methyl sites for hydroxylation is 1. The third-order valence-electron chi connectivity index (χ3n) is 8.80. The molecule has 6 atom stereocenters. The molecule has 0 aromatic heterocycles. The molecule has 0 amide bonds. The first kappa shape index (κ1) is 22.8. The lowest BCUT2D eigenvalue weighted by atomic mass is 9.46. The maximum Gasteiger partial charge on any atom is 0.338 e. The highest BCUT2D eigenvalue weighted by Crippen LogP contribution is 2.67. The number of carbonyl (C=O) groups excluding carboxylic acids is 4. The third kappa shape index (κ3) is 2.80. The number of ether oxygens (including phenoxy) is 2. The molecule has 178 valence electrons. The molecule has 34 heavy (non-hydrogen) atoms. The van der Waals surface area contributed by atoms with Crippen LogP contribution in [0.15, 0.2) is 48.6 Å². The summed E-state index contributed by atoms with van der Waals surface area (Å²) in [6.07, 6.45) is 5.76. The van der Waals surface area contributed by atoms with Crippen molar-refractivity contribution in [2.45, 2.75) is 46.1 Å². The topological polar surface area (TPSA) is 86.7 Å².